The molecule has 0 amide bonds. The maximum Gasteiger partial charge on any atom is 0.472 e. The normalized spacial score (nSPS) is 13.2. The average molecular weight is 940 g/mol. The Kier molecular flexibility index (Phi) is 50.7. The van der Waals surface area contributed by atoms with E-state index in [-0.39, 0.29) is 38.6 Å². The van der Waals surface area contributed by atoms with E-state index in [1.165, 1.54) is 193 Å². The third-order valence-electron chi connectivity index (χ3n) is 12.3. The van der Waals surface area contributed by atoms with E-state index in [9.17, 15) is 19.0 Å². The van der Waals surface area contributed by atoms with Crippen LogP contribution >= 0.6 is 7.82 Å². The topological polar surface area (TPSA) is 134 Å². The molecule has 0 radical (unpaired) electrons. The lowest BCUT2D eigenvalue weighted by molar-refractivity contribution is -0.161. The lowest BCUT2D eigenvalue weighted by Crippen LogP contribution is -2.29. The molecule has 0 spiro atoms. The number of carbonyl (C=O) groups excluding carboxylic acids is 2. The third-order valence-corrected chi connectivity index (χ3v) is 13.3. The molecule has 0 heterocycles. The second-order valence-corrected chi connectivity index (χ2v) is 20.3. The van der Waals surface area contributed by atoms with Crippen molar-refractivity contribution < 1.29 is 37.6 Å². The molecule has 9 nitrogen and oxygen atoms in total. The molecule has 0 fully saturated rings. The van der Waals surface area contributed by atoms with Gasteiger partial charge in [-0.25, -0.2) is 4.57 Å². The van der Waals surface area contributed by atoms with Crippen molar-refractivity contribution in [2.45, 2.75) is 290 Å². The standard InChI is InChI=1S/C55H106NO8P/c1-3-5-7-9-11-13-15-16-17-18-19-20-21-22-23-24-25-26-27-28-29-30-31-32-33-34-35-36-38-40-42-44-46-48-55(58)64-53(52-63-65(59,60)62-50-49-56)51-61-54(57)47-45-43-41-39-37-14-12-10-8-6-4-2/h10,12,18-19,53H,3-9,11,13-17,20-52,56H2,1-2H3,(H,59,60)/b12-10-,19-18-. The van der Waals surface area contributed by atoms with Gasteiger partial charge in [-0.3, -0.25) is 18.6 Å². The van der Waals surface area contributed by atoms with Gasteiger partial charge in [-0.15, -0.1) is 0 Å². The minimum Gasteiger partial charge on any atom is -0.462 e. The molecule has 0 aromatic heterocycles. The van der Waals surface area contributed by atoms with E-state index in [0.717, 1.165) is 57.8 Å². The predicted octanol–water partition coefficient (Wildman–Crippen LogP) is 17.1. The third kappa shape index (κ3) is 51.7. The molecule has 0 aliphatic heterocycles. The first kappa shape index (κ1) is 63.5. The molecule has 0 aliphatic rings. The lowest BCUT2D eigenvalue weighted by atomic mass is 10.0. The first-order valence-electron chi connectivity index (χ1n) is 27.8. The Morgan fingerprint density at radius 1 is 0.446 bits per heavy atom. The number of phosphoric ester groups is 1. The van der Waals surface area contributed by atoms with Crippen LogP contribution in [0.3, 0.4) is 0 Å². The maximum atomic E-state index is 12.6. The summed E-state index contributed by atoms with van der Waals surface area (Å²) in [6.45, 7) is 3.72. The van der Waals surface area contributed by atoms with Gasteiger partial charge in [0.05, 0.1) is 13.2 Å². The van der Waals surface area contributed by atoms with Gasteiger partial charge in [-0.1, -0.05) is 237 Å². The molecule has 0 aromatic carbocycles. The number of esters is 2. The van der Waals surface area contributed by atoms with Crippen molar-refractivity contribution in [3.8, 4) is 0 Å². The minimum atomic E-state index is -4.38. The Morgan fingerprint density at radius 3 is 1.14 bits per heavy atom. The Labute approximate surface area is 402 Å². The van der Waals surface area contributed by atoms with Gasteiger partial charge in [0.2, 0.25) is 0 Å². The molecular weight excluding hydrogens is 834 g/mol. The van der Waals surface area contributed by atoms with E-state index in [1.54, 1.807) is 0 Å². The number of hydrogen-bond donors (Lipinski definition) is 2. The summed E-state index contributed by atoms with van der Waals surface area (Å²) in [6.07, 6.45) is 59.8. The van der Waals surface area contributed by atoms with Crippen LogP contribution in [-0.4, -0.2) is 49.3 Å². The van der Waals surface area contributed by atoms with Crippen LogP contribution in [0.25, 0.3) is 0 Å². The molecule has 2 unspecified atom stereocenters. The molecule has 2 atom stereocenters. The zero-order valence-corrected chi connectivity index (χ0v) is 43.6. The molecular formula is C55H106NO8P. The Bertz CT molecular complexity index is 1120. The fraction of sp³-hybridized carbons (Fsp3) is 0.891. The summed E-state index contributed by atoms with van der Waals surface area (Å²) in [5.41, 5.74) is 5.36. The van der Waals surface area contributed by atoms with E-state index < -0.39 is 26.5 Å². The van der Waals surface area contributed by atoms with E-state index in [1.807, 2.05) is 0 Å². The number of hydrogen-bond acceptors (Lipinski definition) is 8. The van der Waals surface area contributed by atoms with Gasteiger partial charge in [-0.2, -0.15) is 0 Å². The van der Waals surface area contributed by atoms with Crippen molar-refractivity contribution in [3.05, 3.63) is 24.3 Å². The second kappa shape index (κ2) is 51.9. The number of nitrogens with two attached hydrogens (primary N) is 1. The summed E-state index contributed by atoms with van der Waals surface area (Å²) in [7, 11) is -4.38. The van der Waals surface area contributed by atoms with E-state index in [2.05, 4.69) is 38.2 Å². The van der Waals surface area contributed by atoms with E-state index >= 15 is 0 Å². The molecule has 0 saturated carbocycles. The van der Waals surface area contributed by atoms with Crippen LogP contribution in [-0.2, 0) is 32.7 Å². The smallest absolute Gasteiger partial charge is 0.462 e. The first-order valence-corrected chi connectivity index (χ1v) is 29.3. The van der Waals surface area contributed by atoms with E-state index in [4.69, 9.17) is 24.3 Å². The van der Waals surface area contributed by atoms with Gasteiger partial charge in [-0.05, 0) is 57.8 Å². The Balaban J connectivity index is 3.79. The summed E-state index contributed by atoms with van der Waals surface area (Å²) in [5.74, 6) is -0.827. The van der Waals surface area contributed by atoms with Crippen LogP contribution in [0.15, 0.2) is 24.3 Å². The number of rotatable bonds is 53. The Morgan fingerprint density at radius 2 is 0.769 bits per heavy atom. The highest BCUT2D eigenvalue weighted by Crippen LogP contribution is 2.43. The largest absolute Gasteiger partial charge is 0.472 e. The quantitative estimate of drug-likeness (QED) is 0.0264. The van der Waals surface area contributed by atoms with Gasteiger partial charge in [0.25, 0.3) is 0 Å². The molecule has 10 heteroatoms. The van der Waals surface area contributed by atoms with Gasteiger partial charge in [0.1, 0.15) is 6.61 Å². The number of phosphoric acid groups is 1. The number of allylic oxidation sites excluding steroid dienone is 4. The minimum absolute atomic E-state index is 0.0544. The fourth-order valence-electron chi connectivity index (χ4n) is 8.14. The van der Waals surface area contributed by atoms with Gasteiger partial charge >= 0.3 is 19.8 Å². The summed E-state index contributed by atoms with van der Waals surface area (Å²) in [4.78, 5) is 35.0. The van der Waals surface area contributed by atoms with Crippen LogP contribution in [0.4, 0.5) is 0 Å². The highest BCUT2D eigenvalue weighted by Gasteiger charge is 2.26. The monoisotopic (exact) mass is 940 g/mol. The highest BCUT2D eigenvalue weighted by molar-refractivity contribution is 7.47. The number of carbonyl (C=O) groups is 2. The first-order chi connectivity index (χ1) is 31.8. The summed E-state index contributed by atoms with van der Waals surface area (Å²) < 4.78 is 32.9. The molecule has 0 saturated heterocycles. The SMILES string of the molecule is CCCC/C=C\CCCCCCCC(=O)OCC(COP(=O)(O)OCCN)OC(=O)CCCCCCCCCCCCCCCCCCCCCCC/C=C\CCCCCCCCCC. The van der Waals surface area contributed by atoms with Crippen molar-refractivity contribution in [1.82, 2.24) is 0 Å². The van der Waals surface area contributed by atoms with Gasteiger partial charge in [0, 0.05) is 19.4 Å². The number of ether oxygens (including phenoxy) is 2. The molecule has 0 bridgehead atoms. The van der Waals surface area contributed by atoms with Crippen molar-refractivity contribution in [2.24, 2.45) is 5.73 Å². The van der Waals surface area contributed by atoms with Gasteiger partial charge < -0.3 is 20.1 Å². The molecule has 65 heavy (non-hydrogen) atoms. The van der Waals surface area contributed by atoms with Gasteiger partial charge in [0.15, 0.2) is 6.10 Å². The molecule has 384 valence electrons. The van der Waals surface area contributed by atoms with Crippen LogP contribution in [0.1, 0.15) is 284 Å². The van der Waals surface area contributed by atoms with Crippen molar-refractivity contribution in [3.63, 3.8) is 0 Å². The number of unbranched alkanes of at least 4 members (excludes halogenated alkanes) is 36. The summed E-state index contributed by atoms with van der Waals surface area (Å²) in [5, 5.41) is 0. The Hall–Kier alpha value is -1.51. The summed E-state index contributed by atoms with van der Waals surface area (Å²) in [6, 6.07) is 0. The molecule has 3 N–H and O–H groups in total. The zero-order chi connectivity index (χ0) is 47.4. The fourth-order valence-corrected chi connectivity index (χ4v) is 8.91. The van der Waals surface area contributed by atoms with Crippen LogP contribution < -0.4 is 5.73 Å². The van der Waals surface area contributed by atoms with Crippen molar-refractivity contribution >= 4 is 19.8 Å². The molecule has 0 aromatic rings. The zero-order valence-electron chi connectivity index (χ0n) is 42.7. The lowest BCUT2D eigenvalue weighted by Gasteiger charge is -2.19. The van der Waals surface area contributed by atoms with E-state index in [0.29, 0.717) is 6.42 Å². The highest BCUT2D eigenvalue weighted by atomic mass is 31.2. The predicted molar refractivity (Wildman–Crippen MR) is 275 cm³/mol. The molecule has 0 aliphatic carbocycles. The van der Waals surface area contributed by atoms with Crippen LogP contribution in [0, 0.1) is 0 Å². The average Bonchev–Trinajstić information content (AvgIpc) is 3.30. The molecule has 0 rings (SSSR count). The second-order valence-electron chi connectivity index (χ2n) is 18.8. The van der Waals surface area contributed by atoms with Crippen LogP contribution in [0.2, 0.25) is 0 Å². The van der Waals surface area contributed by atoms with Crippen molar-refractivity contribution in [1.29, 1.82) is 0 Å². The summed E-state index contributed by atoms with van der Waals surface area (Å²) >= 11 is 0. The van der Waals surface area contributed by atoms with Crippen LogP contribution in [0.5, 0.6) is 0 Å². The maximum absolute atomic E-state index is 12.6. The van der Waals surface area contributed by atoms with Crippen molar-refractivity contribution in [2.75, 3.05) is 26.4 Å².